The highest BCUT2D eigenvalue weighted by Crippen LogP contribution is 2.29. The minimum atomic E-state index is -4.31. The summed E-state index contributed by atoms with van der Waals surface area (Å²) < 4.78 is 49.4. The molecule has 1 aliphatic rings. The quantitative estimate of drug-likeness (QED) is 0.431. The van der Waals surface area contributed by atoms with Crippen molar-refractivity contribution in [1.82, 2.24) is 9.80 Å². The molecule has 1 atom stereocenters. The molecule has 0 saturated carbocycles. The molecule has 0 N–H and O–H groups in total. The van der Waals surface area contributed by atoms with Crippen LogP contribution in [0.3, 0.4) is 0 Å². The van der Waals surface area contributed by atoms with E-state index in [1.165, 1.54) is 0 Å². The van der Waals surface area contributed by atoms with E-state index in [1.54, 1.807) is 32.9 Å². The van der Waals surface area contributed by atoms with Gasteiger partial charge in [0.2, 0.25) is 0 Å². The highest BCUT2D eigenvalue weighted by molar-refractivity contribution is 5.79. The lowest BCUT2D eigenvalue weighted by molar-refractivity contribution is -0.158. The number of piperazine rings is 1. The van der Waals surface area contributed by atoms with Gasteiger partial charge in [-0.05, 0) is 62.6 Å². The van der Waals surface area contributed by atoms with E-state index in [0.717, 1.165) is 55.9 Å². The molecule has 5 nitrogen and oxygen atoms in total. The largest absolute Gasteiger partial charge is 0.476 e. The van der Waals surface area contributed by atoms with Gasteiger partial charge in [0.15, 0.2) is 5.60 Å². The van der Waals surface area contributed by atoms with Crippen molar-refractivity contribution in [2.75, 3.05) is 26.2 Å². The number of halogens is 3. The van der Waals surface area contributed by atoms with Crippen molar-refractivity contribution < 1.29 is 27.4 Å². The molecule has 35 heavy (non-hydrogen) atoms. The highest BCUT2D eigenvalue weighted by Gasteiger charge is 2.32. The van der Waals surface area contributed by atoms with Gasteiger partial charge >= 0.3 is 12.1 Å². The van der Waals surface area contributed by atoms with Gasteiger partial charge < -0.3 is 9.47 Å². The Hall–Kier alpha value is -2.58. The van der Waals surface area contributed by atoms with Crippen molar-refractivity contribution >= 4 is 5.97 Å². The van der Waals surface area contributed by atoms with Crippen molar-refractivity contribution in [3.63, 3.8) is 0 Å². The first-order valence-electron chi connectivity index (χ1n) is 12.1. The summed E-state index contributed by atoms with van der Waals surface area (Å²) in [7, 11) is 0. The molecule has 1 saturated heterocycles. The number of hydrogen-bond donors (Lipinski definition) is 0. The molecule has 0 spiro atoms. The lowest BCUT2D eigenvalue weighted by atomic mass is 10.1. The maximum Gasteiger partial charge on any atom is 0.416 e. The third kappa shape index (κ3) is 7.45. The molecule has 3 rings (SSSR count). The van der Waals surface area contributed by atoms with Gasteiger partial charge in [-0.15, -0.1) is 0 Å². The predicted molar refractivity (Wildman–Crippen MR) is 129 cm³/mol. The molecule has 0 amide bonds. The topological polar surface area (TPSA) is 42.0 Å². The second-order valence-electron chi connectivity index (χ2n) is 9.44. The summed E-state index contributed by atoms with van der Waals surface area (Å²) in [5.41, 5.74) is 0.373. The number of hydrogen-bond acceptors (Lipinski definition) is 5. The maximum atomic E-state index is 12.8. The number of alkyl halides is 3. The average molecular weight is 493 g/mol. The van der Waals surface area contributed by atoms with Gasteiger partial charge in [0.25, 0.3) is 0 Å². The summed E-state index contributed by atoms with van der Waals surface area (Å²) in [6, 6.07) is 13.6. The summed E-state index contributed by atoms with van der Waals surface area (Å²) >= 11 is 0. The normalized spacial score (nSPS) is 17.9. The first-order chi connectivity index (χ1) is 16.5. The van der Waals surface area contributed by atoms with Crippen LogP contribution in [0.15, 0.2) is 48.5 Å². The lowest BCUT2D eigenvalue weighted by Crippen LogP contribution is -2.52. The average Bonchev–Trinajstić information content (AvgIpc) is 2.81. The maximum absolute atomic E-state index is 12.8. The van der Waals surface area contributed by atoms with Crippen LogP contribution >= 0.6 is 0 Å². The van der Waals surface area contributed by atoms with E-state index >= 15 is 0 Å². The van der Waals surface area contributed by atoms with Crippen LogP contribution in [-0.2, 0) is 28.8 Å². The number of carbonyl (C=O) groups is 1. The van der Waals surface area contributed by atoms with Crippen molar-refractivity contribution in [1.29, 1.82) is 0 Å². The number of rotatable bonds is 9. The van der Waals surface area contributed by atoms with Gasteiger partial charge in [0, 0.05) is 38.8 Å². The lowest BCUT2D eigenvalue weighted by Gasteiger charge is -2.41. The monoisotopic (exact) mass is 492 g/mol. The molecule has 1 aliphatic heterocycles. The summed E-state index contributed by atoms with van der Waals surface area (Å²) in [5, 5.41) is 0. The van der Waals surface area contributed by atoms with Crippen LogP contribution in [0.5, 0.6) is 5.75 Å². The van der Waals surface area contributed by atoms with Gasteiger partial charge in [-0.3, -0.25) is 9.80 Å². The van der Waals surface area contributed by atoms with E-state index < -0.39 is 23.3 Å². The predicted octanol–water partition coefficient (Wildman–Crippen LogP) is 5.52. The van der Waals surface area contributed by atoms with Crippen LogP contribution < -0.4 is 4.74 Å². The summed E-state index contributed by atoms with van der Waals surface area (Å²) in [4.78, 5) is 16.8. The standard InChI is InChI=1S/C27H35F3N2O3/c1-5-23-19-31(15-16-32(23)18-21-7-11-22(12-8-21)27(28,29)30)17-20-9-13-24(14-10-20)35-26(3,4)25(33)34-6-2/h7-14,23H,5-6,15-19H2,1-4H3. The Kier molecular flexibility index (Phi) is 8.83. The van der Waals surface area contributed by atoms with Crippen LogP contribution in [0, 0.1) is 0 Å². The Morgan fingerprint density at radius 1 is 0.943 bits per heavy atom. The molecule has 1 unspecified atom stereocenters. The molecule has 1 fully saturated rings. The Morgan fingerprint density at radius 3 is 2.11 bits per heavy atom. The van der Waals surface area contributed by atoms with E-state index in [1.807, 2.05) is 24.3 Å². The van der Waals surface area contributed by atoms with Crippen molar-refractivity contribution in [3.05, 3.63) is 65.2 Å². The summed E-state index contributed by atoms with van der Waals surface area (Å²) in [6.07, 6.45) is -3.34. The molecule has 0 aliphatic carbocycles. The Labute approximate surface area is 205 Å². The fourth-order valence-electron chi connectivity index (χ4n) is 4.29. The van der Waals surface area contributed by atoms with Gasteiger partial charge in [0.1, 0.15) is 5.75 Å². The van der Waals surface area contributed by atoms with Crippen LogP contribution in [0.2, 0.25) is 0 Å². The first kappa shape index (κ1) is 27.0. The minimum absolute atomic E-state index is 0.306. The van der Waals surface area contributed by atoms with Crippen LogP contribution in [0.4, 0.5) is 13.2 Å². The fraction of sp³-hybridized carbons (Fsp3) is 0.519. The molecule has 2 aromatic carbocycles. The Balaban J connectivity index is 1.54. The molecule has 2 aromatic rings. The molecule has 0 bridgehead atoms. The van der Waals surface area contributed by atoms with Crippen molar-refractivity contribution in [2.45, 2.75) is 65.0 Å². The molecular formula is C27H35F3N2O3. The highest BCUT2D eigenvalue weighted by atomic mass is 19.4. The van der Waals surface area contributed by atoms with Crippen LogP contribution in [-0.4, -0.2) is 53.7 Å². The third-order valence-corrected chi connectivity index (χ3v) is 6.30. The first-order valence-corrected chi connectivity index (χ1v) is 12.1. The van der Waals surface area contributed by atoms with Crippen LogP contribution in [0.1, 0.15) is 50.8 Å². The number of benzene rings is 2. The summed E-state index contributed by atoms with van der Waals surface area (Å²) in [6.45, 7) is 11.7. The fourth-order valence-corrected chi connectivity index (χ4v) is 4.29. The number of carbonyl (C=O) groups excluding carboxylic acids is 1. The molecular weight excluding hydrogens is 457 g/mol. The molecule has 1 heterocycles. The molecule has 0 aromatic heterocycles. The number of nitrogens with zero attached hydrogens (tertiary/aromatic N) is 2. The van der Waals surface area contributed by atoms with E-state index in [-0.39, 0.29) is 0 Å². The smallest absolute Gasteiger partial charge is 0.416 e. The molecule has 192 valence electrons. The van der Waals surface area contributed by atoms with E-state index in [4.69, 9.17) is 9.47 Å². The van der Waals surface area contributed by atoms with Crippen molar-refractivity contribution in [2.24, 2.45) is 0 Å². The zero-order valence-corrected chi connectivity index (χ0v) is 20.9. The second kappa shape index (κ2) is 11.4. The van der Waals surface area contributed by atoms with Gasteiger partial charge in [0.05, 0.1) is 12.2 Å². The zero-order valence-electron chi connectivity index (χ0n) is 20.9. The van der Waals surface area contributed by atoms with Gasteiger partial charge in [-0.2, -0.15) is 13.2 Å². The van der Waals surface area contributed by atoms with E-state index in [0.29, 0.717) is 24.9 Å². The number of ether oxygens (including phenoxy) is 2. The third-order valence-electron chi connectivity index (χ3n) is 6.30. The Morgan fingerprint density at radius 2 is 1.54 bits per heavy atom. The van der Waals surface area contributed by atoms with Crippen molar-refractivity contribution in [3.8, 4) is 5.75 Å². The molecule has 8 heteroatoms. The second-order valence-corrected chi connectivity index (χ2v) is 9.44. The Bertz CT molecular complexity index is 959. The minimum Gasteiger partial charge on any atom is -0.476 e. The van der Waals surface area contributed by atoms with E-state index in [9.17, 15) is 18.0 Å². The number of esters is 1. The van der Waals surface area contributed by atoms with Gasteiger partial charge in [-0.25, -0.2) is 4.79 Å². The van der Waals surface area contributed by atoms with E-state index in [2.05, 4.69) is 16.7 Å². The van der Waals surface area contributed by atoms with Gasteiger partial charge in [-0.1, -0.05) is 31.2 Å². The zero-order chi connectivity index (χ0) is 25.6. The van der Waals surface area contributed by atoms with Crippen LogP contribution in [0.25, 0.3) is 0 Å². The summed E-state index contributed by atoms with van der Waals surface area (Å²) in [5.74, 6) is 0.212. The SMILES string of the molecule is CCOC(=O)C(C)(C)Oc1ccc(CN2CCN(Cc3ccc(C(F)(F)F)cc3)C(CC)C2)cc1. The molecule has 0 radical (unpaired) electrons.